The lowest BCUT2D eigenvalue weighted by molar-refractivity contribution is 0.218. The van der Waals surface area contributed by atoms with E-state index in [-0.39, 0.29) is 0 Å². The first-order valence-corrected chi connectivity index (χ1v) is 6.96. The molecule has 2 aliphatic rings. The number of likely N-dealkylation sites (tertiary alicyclic amines) is 1. The van der Waals surface area contributed by atoms with Crippen LogP contribution in [0.25, 0.3) is 0 Å². The van der Waals surface area contributed by atoms with Crippen LogP contribution >= 0.6 is 0 Å². The third-order valence-corrected chi connectivity index (χ3v) is 3.93. The van der Waals surface area contributed by atoms with Crippen molar-refractivity contribution >= 4 is 5.82 Å². The third-order valence-electron chi connectivity index (χ3n) is 3.93. The van der Waals surface area contributed by atoms with E-state index in [0.29, 0.717) is 0 Å². The molecule has 0 saturated carbocycles. The average Bonchev–Trinajstić information content (AvgIpc) is 2.61. The van der Waals surface area contributed by atoms with Crippen LogP contribution in [0.15, 0.2) is 0 Å². The van der Waals surface area contributed by atoms with Gasteiger partial charge in [0.15, 0.2) is 5.82 Å². The Balaban J connectivity index is 1.71. The third kappa shape index (κ3) is 2.46. The molecule has 1 aromatic heterocycles. The van der Waals surface area contributed by atoms with Crippen LogP contribution in [0.4, 0.5) is 5.82 Å². The van der Waals surface area contributed by atoms with Crippen molar-refractivity contribution in [1.29, 1.82) is 0 Å². The molecule has 3 heterocycles. The molecular formula is C13H22N4. The van der Waals surface area contributed by atoms with E-state index in [4.69, 9.17) is 0 Å². The van der Waals surface area contributed by atoms with Gasteiger partial charge in [-0.2, -0.15) is 5.10 Å². The van der Waals surface area contributed by atoms with Crippen molar-refractivity contribution in [3.8, 4) is 0 Å². The highest BCUT2D eigenvalue weighted by molar-refractivity contribution is 5.47. The van der Waals surface area contributed by atoms with Gasteiger partial charge in [-0.1, -0.05) is 6.42 Å². The number of aromatic nitrogens is 2. The summed E-state index contributed by atoms with van der Waals surface area (Å²) in [6.45, 7) is 4.63. The molecule has 2 N–H and O–H groups in total. The molecule has 4 heteroatoms. The quantitative estimate of drug-likeness (QED) is 0.824. The zero-order valence-electron chi connectivity index (χ0n) is 10.5. The standard InChI is InChI=1S/C13H22N4/c1-4-8-17(9-5-1)10-12-11-6-2-3-7-14-13(11)16-15-12/h1-10H2,(H2,14,15,16). The molecule has 17 heavy (non-hydrogen) atoms. The van der Waals surface area contributed by atoms with E-state index in [1.807, 2.05) is 0 Å². The fourth-order valence-electron chi connectivity index (χ4n) is 2.92. The second-order valence-corrected chi connectivity index (χ2v) is 5.25. The van der Waals surface area contributed by atoms with Gasteiger partial charge in [-0.25, -0.2) is 0 Å². The van der Waals surface area contributed by atoms with Crippen molar-refractivity contribution in [2.45, 2.75) is 45.1 Å². The number of rotatable bonds is 2. The number of fused-ring (bicyclic) bond motifs is 1. The molecular weight excluding hydrogens is 212 g/mol. The Morgan fingerprint density at radius 2 is 1.94 bits per heavy atom. The molecule has 0 aliphatic carbocycles. The van der Waals surface area contributed by atoms with Crippen LogP contribution in [0.2, 0.25) is 0 Å². The summed E-state index contributed by atoms with van der Waals surface area (Å²) in [7, 11) is 0. The van der Waals surface area contributed by atoms with E-state index >= 15 is 0 Å². The molecule has 3 rings (SSSR count). The number of piperidine rings is 1. The van der Waals surface area contributed by atoms with Gasteiger partial charge < -0.3 is 5.32 Å². The van der Waals surface area contributed by atoms with Gasteiger partial charge in [-0.3, -0.25) is 10.00 Å². The largest absolute Gasteiger partial charge is 0.368 e. The number of nitrogens with zero attached hydrogens (tertiary/aromatic N) is 2. The van der Waals surface area contributed by atoms with Crippen molar-refractivity contribution in [1.82, 2.24) is 15.1 Å². The predicted molar refractivity (Wildman–Crippen MR) is 69.1 cm³/mol. The van der Waals surface area contributed by atoms with Gasteiger partial charge in [-0.15, -0.1) is 0 Å². The van der Waals surface area contributed by atoms with Crippen molar-refractivity contribution in [3.05, 3.63) is 11.3 Å². The lowest BCUT2D eigenvalue weighted by Crippen LogP contribution is -2.29. The molecule has 94 valence electrons. The normalized spacial score (nSPS) is 21.6. The minimum atomic E-state index is 1.06. The van der Waals surface area contributed by atoms with Crippen LogP contribution in [0.1, 0.15) is 43.4 Å². The Bertz CT molecular complexity index is 365. The van der Waals surface area contributed by atoms with E-state index < -0.39 is 0 Å². The highest BCUT2D eigenvalue weighted by Gasteiger charge is 2.18. The van der Waals surface area contributed by atoms with Gasteiger partial charge >= 0.3 is 0 Å². The summed E-state index contributed by atoms with van der Waals surface area (Å²) in [5.41, 5.74) is 2.78. The lowest BCUT2D eigenvalue weighted by atomic mass is 10.1. The molecule has 4 nitrogen and oxygen atoms in total. The maximum atomic E-state index is 4.42. The van der Waals surface area contributed by atoms with Crippen LogP contribution in [-0.2, 0) is 13.0 Å². The minimum Gasteiger partial charge on any atom is -0.368 e. The average molecular weight is 234 g/mol. The van der Waals surface area contributed by atoms with Crippen LogP contribution < -0.4 is 5.32 Å². The maximum Gasteiger partial charge on any atom is 0.151 e. The van der Waals surface area contributed by atoms with Crippen molar-refractivity contribution in [2.24, 2.45) is 0 Å². The fourth-order valence-corrected chi connectivity index (χ4v) is 2.92. The molecule has 1 fully saturated rings. The molecule has 0 atom stereocenters. The fraction of sp³-hybridized carbons (Fsp3) is 0.769. The smallest absolute Gasteiger partial charge is 0.151 e. The number of hydrogen-bond donors (Lipinski definition) is 2. The van der Waals surface area contributed by atoms with Gasteiger partial charge in [0, 0.05) is 18.7 Å². The van der Waals surface area contributed by atoms with Gasteiger partial charge in [0.1, 0.15) is 0 Å². The summed E-state index contributed by atoms with van der Waals surface area (Å²) in [4.78, 5) is 2.56. The topological polar surface area (TPSA) is 44.0 Å². The van der Waals surface area contributed by atoms with E-state index in [2.05, 4.69) is 20.4 Å². The van der Waals surface area contributed by atoms with Gasteiger partial charge in [0.25, 0.3) is 0 Å². The Hall–Kier alpha value is -1.03. The SMILES string of the molecule is C1CCN(Cc2[nH]nc3c2CCCCN3)CC1. The monoisotopic (exact) mass is 234 g/mol. The predicted octanol–water partition coefficient (Wildman–Crippen LogP) is 2.14. The molecule has 0 bridgehead atoms. The first kappa shape index (κ1) is 11.1. The van der Waals surface area contributed by atoms with Crippen LogP contribution in [-0.4, -0.2) is 34.7 Å². The molecule has 0 radical (unpaired) electrons. The summed E-state index contributed by atoms with van der Waals surface area (Å²) in [5.74, 6) is 1.11. The Kier molecular flexibility index (Phi) is 3.31. The molecule has 2 aliphatic heterocycles. The molecule has 1 saturated heterocycles. The Morgan fingerprint density at radius 1 is 1.06 bits per heavy atom. The van der Waals surface area contributed by atoms with E-state index in [0.717, 1.165) is 18.9 Å². The zero-order chi connectivity index (χ0) is 11.5. The van der Waals surface area contributed by atoms with Crippen molar-refractivity contribution in [3.63, 3.8) is 0 Å². The molecule has 0 amide bonds. The van der Waals surface area contributed by atoms with Crippen molar-refractivity contribution in [2.75, 3.05) is 25.0 Å². The van der Waals surface area contributed by atoms with Gasteiger partial charge in [0.2, 0.25) is 0 Å². The first-order valence-electron chi connectivity index (χ1n) is 6.96. The molecule has 1 aromatic rings. The second-order valence-electron chi connectivity index (χ2n) is 5.25. The van der Waals surface area contributed by atoms with E-state index in [1.54, 1.807) is 0 Å². The minimum absolute atomic E-state index is 1.06. The van der Waals surface area contributed by atoms with Gasteiger partial charge in [-0.05, 0) is 45.2 Å². The van der Waals surface area contributed by atoms with Gasteiger partial charge in [0.05, 0.1) is 5.69 Å². The number of H-pyrrole nitrogens is 1. The maximum absolute atomic E-state index is 4.42. The summed E-state index contributed by atoms with van der Waals surface area (Å²) in [6, 6.07) is 0. The Morgan fingerprint density at radius 3 is 2.82 bits per heavy atom. The number of nitrogens with one attached hydrogen (secondary N) is 2. The lowest BCUT2D eigenvalue weighted by Gasteiger charge is -2.26. The second kappa shape index (κ2) is 5.08. The molecule has 0 unspecified atom stereocenters. The highest BCUT2D eigenvalue weighted by Crippen LogP contribution is 2.24. The van der Waals surface area contributed by atoms with E-state index in [1.165, 1.54) is 62.9 Å². The van der Waals surface area contributed by atoms with Crippen LogP contribution in [0.5, 0.6) is 0 Å². The summed E-state index contributed by atoms with van der Waals surface area (Å²) >= 11 is 0. The van der Waals surface area contributed by atoms with Crippen LogP contribution in [0.3, 0.4) is 0 Å². The summed E-state index contributed by atoms with van der Waals surface area (Å²) < 4.78 is 0. The zero-order valence-corrected chi connectivity index (χ0v) is 10.5. The number of hydrogen-bond acceptors (Lipinski definition) is 3. The van der Waals surface area contributed by atoms with Crippen molar-refractivity contribution < 1.29 is 0 Å². The molecule has 0 spiro atoms. The highest BCUT2D eigenvalue weighted by atomic mass is 15.2. The number of aromatic amines is 1. The summed E-state index contributed by atoms with van der Waals surface area (Å²) in [5, 5.41) is 11.1. The van der Waals surface area contributed by atoms with E-state index in [9.17, 15) is 0 Å². The first-order chi connectivity index (χ1) is 8.43. The number of anilines is 1. The van der Waals surface area contributed by atoms with Crippen LogP contribution in [0, 0.1) is 0 Å². The summed E-state index contributed by atoms with van der Waals surface area (Å²) in [6.07, 6.45) is 7.84. The Labute approximate surface area is 103 Å². The molecule has 0 aromatic carbocycles.